The van der Waals surface area contributed by atoms with Gasteiger partial charge in [-0.05, 0) is 24.3 Å². The third-order valence-corrected chi connectivity index (χ3v) is 2.08. The number of rotatable bonds is 2. The quantitative estimate of drug-likeness (QED) is 0.788. The predicted molar refractivity (Wildman–Crippen MR) is 54.7 cm³/mol. The predicted octanol–water partition coefficient (Wildman–Crippen LogP) is 1.58. The van der Waals surface area contributed by atoms with Crippen LogP contribution >= 0.6 is 11.6 Å². The first-order valence-electron chi connectivity index (χ1n) is 4.17. The number of halogens is 1. The number of aromatic nitrogens is 3. The van der Waals surface area contributed by atoms with Crippen LogP contribution in [0.3, 0.4) is 0 Å². The normalized spacial score (nSPS) is 10.4. The molecule has 0 aliphatic heterocycles. The van der Waals surface area contributed by atoms with E-state index in [1.165, 1.54) is 0 Å². The van der Waals surface area contributed by atoms with Crippen molar-refractivity contribution in [2.75, 3.05) is 0 Å². The molecule has 0 spiro atoms. The van der Waals surface area contributed by atoms with Gasteiger partial charge in [0.25, 0.3) is 0 Å². The number of hydrogen-bond acceptors (Lipinski definition) is 3. The Morgan fingerprint density at radius 3 is 2.57 bits per heavy atom. The summed E-state index contributed by atoms with van der Waals surface area (Å²) in [5, 5.41) is 7.47. The van der Waals surface area contributed by atoms with E-state index in [-0.39, 0.29) is 0 Å². The summed E-state index contributed by atoms with van der Waals surface area (Å²) in [5.41, 5.74) is 6.33. The van der Waals surface area contributed by atoms with Gasteiger partial charge in [-0.1, -0.05) is 11.6 Å². The van der Waals surface area contributed by atoms with Crippen LogP contribution in [0.25, 0.3) is 11.4 Å². The highest BCUT2D eigenvalue weighted by molar-refractivity contribution is 6.30. The lowest BCUT2D eigenvalue weighted by molar-refractivity contribution is 0.917. The molecule has 5 heteroatoms. The maximum Gasteiger partial charge on any atom is 0.181 e. The van der Waals surface area contributed by atoms with Crippen LogP contribution in [0, 0.1) is 0 Å². The standard InChI is InChI=1S/C9H9ClN4/c10-7-3-1-6(2-4-7)9-12-8(5-11)13-14-9/h1-4H,5,11H2,(H,12,13,14). The van der Waals surface area contributed by atoms with E-state index in [2.05, 4.69) is 15.2 Å². The van der Waals surface area contributed by atoms with E-state index in [9.17, 15) is 0 Å². The molecule has 72 valence electrons. The van der Waals surface area contributed by atoms with Gasteiger partial charge < -0.3 is 5.73 Å². The molecule has 4 nitrogen and oxygen atoms in total. The number of H-pyrrole nitrogens is 1. The molecule has 0 unspecified atom stereocenters. The van der Waals surface area contributed by atoms with Crippen LogP contribution in [-0.4, -0.2) is 15.2 Å². The molecule has 0 saturated carbocycles. The van der Waals surface area contributed by atoms with E-state index in [0.29, 0.717) is 23.2 Å². The Morgan fingerprint density at radius 2 is 2.00 bits per heavy atom. The molecular weight excluding hydrogens is 200 g/mol. The minimum Gasteiger partial charge on any atom is -0.324 e. The maximum atomic E-state index is 5.76. The van der Waals surface area contributed by atoms with E-state index < -0.39 is 0 Å². The fourth-order valence-corrected chi connectivity index (χ4v) is 1.24. The third-order valence-electron chi connectivity index (χ3n) is 1.83. The van der Waals surface area contributed by atoms with Crippen molar-refractivity contribution in [1.29, 1.82) is 0 Å². The van der Waals surface area contributed by atoms with Crippen molar-refractivity contribution in [2.45, 2.75) is 6.54 Å². The van der Waals surface area contributed by atoms with Gasteiger partial charge in [0.05, 0.1) is 6.54 Å². The highest BCUT2D eigenvalue weighted by Crippen LogP contribution is 2.17. The van der Waals surface area contributed by atoms with Crippen molar-refractivity contribution in [3.05, 3.63) is 35.1 Å². The molecular formula is C9H9ClN4. The van der Waals surface area contributed by atoms with E-state index in [1.54, 1.807) is 12.1 Å². The maximum absolute atomic E-state index is 5.76. The van der Waals surface area contributed by atoms with Crippen LogP contribution in [0.1, 0.15) is 5.82 Å². The van der Waals surface area contributed by atoms with Crippen LogP contribution < -0.4 is 5.73 Å². The molecule has 14 heavy (non-hydrogen) atoms. The molecule has 1 heterocycles. The van der Waals surface area contributed by atoms with Gasteiger partial charge in [-0.25, -0.2) is 4.98 Å². The van der Waals surface area contributed by atoms with Crippen molar-refractivity contribution < 1.29 is 0 Å². The van der Waals surface area contributed by atoms with Gasteiger partial charge in [-0.15, -0.1) is 0 Å². The van der Waals surface area contributed by atoms with Gasteiger partial charge in [0, 0.05) is 10.6 Å². The molecule has 3 N–H and O–H groups in total. The Bertz CT molecular complexity index is 421. The van der Waals surface area contributed by atoms with Crippen molar-refractivity contribution in [3.63, 3.8) is 0 Å². The zero-order valence-corrected chi connectivity index (χ0v) is 8.12. The summed E-state index contributed by atoms with van der Waals surface area (Å²) in [6.45, 7) is 0.362. The number of aromatic amines is 1. The van der Waals surface area contributed by atoms with Crippen LogP contribution in [0.15, 0.2) is 24.3 Å². The summed E-state index contributed by atoms with van der Waals surface area (Å²) in [7, 11) is 0. The summed E-state index contributed by atoms with van der Waals surface area (Å²) in [6.07, 6.45) is 0. The van der Waals surface area contributed by atoms with Crippen LogP contribution in [0.5, 0.6) is 0 Å². The molecule has 1 aromatic heterocycles. The molecule has 2 aromatic rings. The Morgan fingerprint density at radius 1 is 1.29 bits per heavy atom. The fourth-order valence-electron chi connectivity index (χ4n) is 1.11. The largest absolute Gasteiger partial charge is 0.324 e. The van der Waals surface area contributed by atoms with Crippen molar-refractivity contribution in [2.24, 2.45) is 5.73 Å². The van der Waals surface area contributed by atoms with Gasteiger partial charge in [0.1, 0.15) is 5.82 Å². The second-order valence-electron chi connectivity index (χ2n) is 2.82. The van der Waals surface area contributed by atoms with Crippen LogP contribution in [-0.2, 0) is 6.54 Å². The Labute approximate surface area is 86.1 Å². The molecule has 0 bridgehead atoms. The van der Waals surface area contributed by atoms with Gasteiger partial charge >= 0.3 is 0 Å². The highest BCUT2D eigenvalue weighted by atomic mass is 35.5. The number of nitrogens with one attached hydrogen (secondary N) is 1. The molecule has 2 rings (SSSR count). The summed E-state index contributed by atoms with van der Waals surface area (Å²) >= 11 is 5.76. The molecule has 0 fully saturated rings. The lowest BCUT2D eigenvalue weighted by Gasteiger charge is -1.93. The first-order valence-corrected chi connectivity index (χ1v) is 4.54. The zero-order chi connectivity index (χ0) is 9.97. The Hall–Kier alpha value is -1.39. The molecule has 0 radical (unpaired) electrons. The third kappa shape index (κ3) is 1.76. The topological polar surface area (TPSA) is 67.6 Å². The molecule has 0 amide bonds. The van der Waals surface area contributed by atoms with Crippen LogP contribution in [0.4, 0.5) is 0 Å². The van der Waals surface area contributed by atoms with Crippen molar-refractivity contribution in [1.82, 2.24) is 15.2 Å². The van der Waals surface area contributed by atoms with Gasteiger partial charge in [-0.2, -0.15) is 5.10 Å². The number of hydrogen-bond donors (Lipinski definition) is 2. The molecule has 0 atom stereocenters. The first kappa shape index (κ1) is 9.18. The van der Waals surface area contributed by atoms with Crippen molar-refractivity contribution >= 4 is 11.6 Å². The average Bonchev–Trinajstić information content (AvgIpc) is 2.67. The molecule has 0 aliphatic carbocycles. The molecule has 0 saturated heterocycles. The Kier molecular flexibility index (Phi) is 2.47. The monoisotopic (exact) mass is 208 g/mol. The number of nitrogens with zero attached hydrogens (tertiary/aromatic N) is 2. The Balaban J connectivity index is 2.34. The minimum atomic E-state index is 0.362. The van der Waals surface area contributed by atoms with E-state index >= 15 is 0 Å². The second kappa shape index (κ2) is 3.77. The number of benzene rings is 1. The lowest BCUT2D eigenvalue weighted by atomic mass is 10.2. The summed E-state index contributed by atoms with van der Waals surface area (Å²) in [6, 6.07) is 7.34. The summed E-state index contributed by atoms with van der Waals surface area (Å²) in [5.74, 6) is 1.32. The van der Waals surface area contributed by atoms with E-state index in [1.807, 2.05) is 12.1 Å². The minimum absolute atomic E-state index is 0.362. The molecule has 0 aliphatic rings. The van der Waals surface area contributed by atoms with Gasteiger partial charge in [0.2, 0.25) is 0 Å². The highest BCUT2D eigenvalue weighted by Gasteiger charge is 2.03. The molecule has 1 aromatic carbocycles. The smallest absolute Gasteiger partial charge is 0.181 e. The van der Waals surface area contributed by atoms with Crippen molar-refractivity contribution in [3.8, 4) is 11.4 Å². The second-order valence-corrected chi connectivity index (χ2v) is 3.25. The van der Waals surface area contributed by atoms with Gasteiger partial charge in [0.15, 0.2) is 5.82 Å². The fraction of sp³-hybridized carbons (Fsp3) is 0.111. The van der Waals surface area contributed by atoms with E-state index in [0.717, 1.165) is 5.56 Å². The number of nitrogens with two attached hydrogens (primary N) is 1. The van der Waals surface area contributed by atoms with Crippen LogP contribution in [0.2, 0.25) is 5.02 Å². The SMILES string of the molecule is NCc1nc(-c2ccc(Cl)cc2)n[nH]1. The van der Waals surface area contributed by atoms with Gasteiger partial charge in [-0.3, -0.25) is 5.10 Å². The average molecular weight is 209 g/mol. The zero-order valence-electron chi connectivity index (χ0n) is 7.37. The summed E-state index contributed by atoms with van der Waals surface area (Å²) in [4.78, 5) is 4.19. The first-order chi connectivity index (χ1) is 6.79. The van der Waals surface area contributed by atoms with E-state index in [4.69, 9.17) is 17.3 Å². The lowest BCUT2D eigenvalue weighted by Crippen LogP contribution is -1.97. The summed E-state index contributed by atoms with van der Waals surface area (Å²) < 4.78 is 0.